The predicted molar refractivity (Wildman–Crippen MR) is 80.3 cm³/mol. The molecule has 0 saturated heterocycles. The van der Waals surface area contributed by atoms with Crippen LogP contribution in [-0.4, -0.2) is 17.1 Å². The van der Waals surface area contributed by atoms with Crippen LogP contribution in [0.5, 0.6) is 0 Å². The molecule has 21 heavy (non-hydrogen) atoms. The summed E-state index contributed by atoms with van der Waals surface area (Å²) in [4.78, 5) is 11.4. The first-order valence-corrected chi connectivity index (χ1v) is 7.53. The van der Waals surface area contributed by atoms with Crippen molar-refractivity contribution in [2.24, 2.45) is 17.3 Å². The van der Waals surface area contributed by atoms with Crippen LogP contribution in [0.2, 0.25) is 0 Å². The van der Waals surface area contributed by atoms with Gasteiger partial charge in [-0.05, 0) is 41.9 Å². The van der Waals surface area contributed by atoms with Crippen LogP contribution in [0.25, 0.3) is 0 Å². The summed E-state index contributed by atoms with van der Waals surface area (Å²) < 4.78 is 13.2. The highest BCUT2D eigenvalue weighted by molar-refractivity contribution is 5.71. The van der Waals surface area contributed by atoms with Gasteiger partial charge < -0.3 is 10.4 Å². The summed E-state index contributed by atoms with van der Waals surface area (Å²) in [5.41, 5.74) is 0.671. The zero-order chi connectivity index (χ0) is 15.6. The van der Waals surface area contributed by atoms with Gasteiger partial charge >= 0.3 is 5.97 Å². The minimum absolute atomic E-state index is 0.225. The third-order valence-corrected chi connectivity index (χ3v) is 5.20. The molecular formula is C17H24FNO2. The molecule has 3 unspecified atom stereocenters. The van der Waals surface area contributed by atoms with Gasteiger partial charge in [0.05, 0.1) is 5.92 Å². The Labute approximate surface area is 125 Å². The maximum absolute atomic E-state index is 13.2. The van der Waals surface area contributed by atoms with E-state index >= 15 is 0 Å². The molecule has 1 aliphatic rings. The number of carboxylic acids is 1. The van der Waals surface area contributed by atoms with Crippen molar-refractivity contribution in [2.75, 3.05) is 0 Å². The van der Waals surface area contributed by atoms with Gasteiger partial charge in [-0.3, -0.25) is 4.79 Å². The zero-order valence-electron chi connectivity index (χ0n) is 12.9. The van der Waals surface area contributed by atoms with Crippen molar-refractivity contribution >= 4 is 5.97 Å². The maximum Gasteiger partial charge on any atom is 0.307 e. The van der Waals surface area contributed by atoms with E-state index in [2.05, 4.69) is 12.2 Å². The molecule has 0 aromatic heterocycles. The number of nitrogens with one attached hydrogen (secondary N) is 1. The van der Waals surface area contributed by atoms with E-state index in [4.69, 9.17) is 0 Å². The number of aliphatic carboxylic acids is 1. The molecular weight excluding hydrogens is 269 g/mol. The molecule has 0 aliphatic heterocycles. The molecule has 0 radical (unpaired) electrons. The Balaban J connectivity index is 2.01. The van der Waals surface area contributed by atoms with Crippen molar-refractivity contribution in [3.05, 3.63) is 35.6 Å². The molecule has 3 nitrogen and oxygen atoms in total. The molecule has 2 N–H and O–H groups in total. The number of carbonyl (C=O) groups is 1. The monoisotopic (exact) mass is 293 g/mol. The first-order valence-electron chi connectivity index (χ1n) is 7.53. The Hall–Kier alpha value is -1.42. The standard InChI is InChI=1S/C17H24FNO2/c1-11-15(8-7-14(16(20)21)17(11,2)3)19-10-12-5-4-6-13(18)9-12/h4-6,9,11,14-15,19H,7-8,10H2,1-3H3,(H,20,21). The van der Waals surface area contributed by atoms with Gasteiger partial charge in [-0.15, -0.1) is 0 Å². The quantitative estimate of drug-likeness (QED) is 0.894. The Morgan fingerprint density at radius 1 is 1.43 bits per heavy atom. The maximum atomic E-state index is 13.2. The molecule has 1 aliphatic carbocycles. The van der Waals surface area contributed by atoms with Crippen LogP contribution >= 0.6 is 0 Å². The SMILES string of the molecule is CC1C(NCc2cccc(F)c2)CCC(C(=O)O)C1(C)C. The van der Waals surface area contributed by atoms with Gasteiger partial charge in [0.15, 0.2) is 0 Å². The zero-order valence-corrected chi connectivity index (χ0v) is 12.9. The number of benzene rings is 1. The molecule has 0 amide bonds. The molecule has 1 fully saturated rings. The third-order valence-electron chi connectivity index (χ3n) is 5.20. The number of rotatable bonds is 4. The molecule has 1 aromatic carbocycles. The number of hydrogen-bond donors (Lipinski definition) is 2. The Morgan fingerprint density at radius 2 is 2.14 bits per heavy atom. The van der Waals surface area contributed by atoms with Crippen LogP contribution in [0, 0.1) is 23.1 Å². The molecule has 1 aromatic rings. The second-order valence-corrected chi connectivity index (χ2v) is 6.70. The summed E-state index contributed by atoms with van der Waals surface area (Å²) in [6.07, 6.45) is 1.53. The van der Waals surface area contributed by atoms with Crippen molar-refractivity contribution in [3.8, 4) is 0 Å². The largest absolute Gasteiger partial charge is 0.481 e. The fraction of sp³-hybridized carbons (Fsp3) is 0.588. The summed E-state index contributed by atoms with van der Waals surface area (Å²) in [6.45, 7) is 6.79. The Kier molecular flexibility index (Phi) is 4.67. The average Bonchev–Trinajstić information content (AvgIpc) is 2.40. The number of hydrogen-bond acceptors (Lipinski definition) is 2. The summed E-state index contributed by atoms with van der Waals surface area (Å²) in [5.74, 6) is -0.965. The van der Waals surface area contributed by atoms with Crippen molar-refractivity contribution in [1.29, 1.82) is 0 Å². The van der Waals surface area contributed by atoms with Crippen molar-refractivity contribution < 1.29 is 14.3 Å². The molecule has 0 spiro atoms. The van der Waals surface area contributed by atoms with E-state index in [0.717, 1.165) is 12.0 Å². The lowest BCUT2D eigenvalue weighted by Gasteiger charge is -2.46. The van der Waals surface area contributed by atoms with E-state index in [-0.39, 0.29) is 29.1 Å². The lowest BCUT2D eigenvalue weighted by atomic mass is 9.61. The van der Waals surface area contributed by atoms with Gasteiger partial charge in [-0.2, -0.15) is 0 Å². The van der Waals surface area contributed by atoms with Crippen LogP contribution < -0.4 is 5.32 Å². The van der Waals surface area contributed by atoms with Crippen LogP contribution in [0.1, 0.15) is 39.2 Å². The van der Waals surface area contributed by atoms with E-state index in [1.807, 2.05) is 19.9 Å². The highest BCUT2D eigenvalue weighted by Gasteiger charge is 2.45. The fourth-order valence-electron chi connectivity index (χ4n) is 3.42. The molecule has 2 rings (SSSR count). The van der Waals surface area contributed by atoms with Crippen molar-refractivity contribution in [1.82, 2.24) is 5.32 Å². The summed E-state index contributed by atoms with van der Waals surface area (Å²) in [5, 5.41) is 12.8. The van der Waals surface area contributed by atoms with Crippen LogP contribution in [0.4, 0.5) is 4.39 Å². The molecule has 1 saturated carbocycles. The Morgan fingerprint density at radius 3 is 2.76 bits per heavy atom. The van der Waals surface area contributed by atoms with Crippen LogP contribution in [-0.2, 0) is 11.3 Å². The molecule has 3 atom stereocenters. The van der Waals surface area contributed by atoms with Crippen LogP contribution in [0.3, 0.4) is 0 Å². The van der Waals surface area contributed by atoms with E-state index in [9.17, 15) is 14.3 Å². The first-order chi connectivity index (χ1) is 9.82. The average molecular weight is 293 g/mol. The highest BCUT2D eigenvalue weighted by atomic mass is 19.1. The van der Waals surface area contributed by atoms with E-state index < -0.39 is 5.97 Å². The van der Waals surface area contributed by atoms with Gasteiger partial charge in [0.25, 0.3) is 0 Å². The van der Waals surface area contributed by atoms with Gasteiger partial charge in [-0.25, -0.2) is 4.39 Å². The summed E-state index contributed by atoms with van der Waals surface area (Å²) in [7, 11) is 0. The topological polar surface area (TPSA) is 49.3 Å². The number of halogens is 1. The lowest BCUT2D eigenvalue weighted by molar-refractivity contribution is -0.150. The third kappa shape index (κ3) is 3.43. The van der Waals surface area contributed by atoms with Gasteiger partial charge in [0.1, 0.15) is 5.82 Å². The molecule has 0 bridgehead atoms. The van der Waals surface area contributed by atoms with Gasteiger partial charge in [0, 0.05) is 12.6 Å². The van der Waals surface area contributed by atoms with Crippen molar-refractivity contribution in [3.63, 3.8) is 0 Å². The first kappa shape index (κ1) is 16.0. The smallest absolute Gasteiger partial charge is 0.307 e. The van der Waals surface area contributed by atoms with Crippen molar-refractivity contribution in [2.45, 2.75) is 46.2 Å². The summed E-state index contributed by atoms with van der Waals surface area (Å²) in [6, 6.07) is 6.84. The normalized spacial score (nSPS) is 28.3. The molecule has 4 heteroatoms. The highest BCUT2D eigenvalue weighted by Crippen LogP contribution is 2.45. The predicted octanol–water partition coefficient (Wildman–Crippen LogP) is 3.44. The Bertz CT molecular complexity index is 515. The summed E-state index contributed by atoms with van der Waals surface area (Å²) >= 11 is 0. The lowest BCUT2D eigenvalue weighted by Crippen LogP contribution is -2.50. The van der Waals surface area contributed by atoms with Gasteiger partial charge in [-0.1, -0.05) is 32.9 Å². The van der Waals surface area contributed by atoms with E-state index in [1.54, 1.807) is 6.07 Å². The van der Waals surface area contributed by atoms with Gasteiger partial charge in [0.2, 0.25) is 0 Å². The molecule has 0 heterocycles. The fourth-order valence-corrected chi connectivity index (χ4v) is 3.42. The minimum Gasteiger partial charge on any atom is -0.481 e. The van der Waals surface area contributed by atoms with E-state index in [1.165, 1.54) is 12.1 Å². The second kappa shape index (κ2) is 6.14. The number of carboxylic acid groups (broad SMARTS) is 1. The second-order valence-electron chi connectivity index (χ2n) is 6.70. The van der Waals surface area contributed by atoms with Crippen LogP contribution in [0.15, 0.2) is 24.3 Å². The molecule has 116 valence electrons. The minimum atomic E-state index is -0.699. The van der Waals surface area contributed by atoms with E-state index in [0.29, 0.717) is 13.0 Å².